The molecule has 0 bridgehead atoms. The first-order valence-corrected chi connectivity index (χ1v) is 5.53. The number of aliphatic hydroxyl groups excluding tert-OH is 1. The molecule has 3 rings (SSSR count). The molecule has 0 saturated carbocycles. The molecule has 0 unspecified atom stereocenters. The molecule has 0 atom stereocenters. The van der Waals surface area contributed by atoms with Gasteiger partial charge in [0, 0.05) is 18.3 Å². The summed E-state index contributed by atoms with van der Waals surface area (Å²) < 4.78 is 7.30. The van der Waals surface area contributed by atoms with E-state index in [2.05, 4.69) is 10.1 Å². The van der Waals surface area contributed by atoms with E-state index in [0.717, 1.165) is 11.2 Å². The average Bonchev–Trinajstić information content (AvgIpc) is 2.86. The number of aliphatic hydroxyl groups is 1. The zero-order valence-corrected chi connectivity index (χ0v) is 9.52. The minimum atomic E-state index is -0.00765. The molecule has 18 heavy (non-hydrogen) atoms. The lowest BCUT2D eigenvalue weighted by Crippen LogP contribution is -1.93. The zero-order chi connectivity index (χ0) is 12.4. The van der Waals surface area contributed by atoms with Gasteiger partial charge in [0.15, 0.2) is 5.65 Å². The molecular weight excluding hydrogens is 230 g/mol. The summed E-state index contributed by atoms with van der Waals surface area (Å²) >= 11 is 0. The molecule has 0 aliphatic rings. The first-order chi connectivity index (χ1) is 8.85. The number of ether oxygens (including phenoxy) is 1. The molecule has 0 saturated heterocycles. The fourth-order valence-corrected chi connectivity index (χ4v) is 1.68. The highest BCUT2D eigenvalue weighted by molar-refractivity contribution is 5.39. The third-order valence-corrected chi connectivity index (χ3v) is 2.54. The topological polar surface area (TPSA) is 59.7 Å². The second kappa shape index (κ2) is 4.46. The number of hydrogen-bond acceptors (Lipinski definition) is 4. The second-order valence-corrected chi connectivity index (χ2v) is 3.81. The van der Waals surface area contributed by atoms with Crippen molar-refractivity contribution in [2.75, 3.05) is 0 Å². The first-order valence-electron chi connectivity index (χ1n) is 5.53. The van der Waals surface area contributed by atoms with Crippen LogP contribution in [0.2, 0.25) is 0 Å². The van der Waals surface area contributed by atoms with E-state index in [1.54, 1.807) is 35.1 Å². The number of fused-ring (bicyclic) bond motifs is 1. The predicted octanol–water partition coefficient (Wildman–Crippen LogP) is 2.01. The fraction of sp³-hybridized carbons (Fsp3) is 0.0769. The van der Waals surface area contributed by atoms with Gasteiger partial charge in [-0.3, -0.25) is 0 Å². The highest BCUT2D eigenvalue weighted by atomic mass is 16.5. The van der Waals surface area contributed by atoms with Gasteiger partial charge in [0.1, 0.15) is 5.75 Å². The van der Waals surface area contributed by atoms with Gasteiger partial charge in [0.05, 0.1) is 12.8 Å². The lowest BCUT2D eigenvalue weighted by Gasteiger charge is -2.05. The van der Waals surface area contributed by atoms with Crippen LogP contribution in [-0.4, -0.2) is 19.7 Å². The molecule has 0 amide bonds. The monoisotopic (exact) mass is 241 g/mol. The fourth-order valence-electron chi connectivity index (χ4n) is 1.68. The van der Waals surface area contributed by atoms with Crippen molar-refractivity contribution < 1.29 is 9.84 Å². The van der Waals surface area contributed by atoms with Gasteiger partial charge in [0.2, 0.25) is 5.88 Å². The number of nitrogens with zero attached hydrogens (tertiary/aromatic N) is 3. The third kappa shape index (κ3) is 2.03. The number of rotatable bonds is 3. The van der Waals surface area contributed by atoms with Crippen LogP contribution in [-0.2, 0) is 6.61 Å². The van der Waals surface area contributed by atoms with Crippen LogP contribution in [0.15, 0.2) is 48.8 Å². The molecule has 0 aliphatic heterocycles. The Labute approximate surface area is 103 Å². The minimum absolute atomic E-state index is 0.00765. The highest BCUT2D eigenvalue weighted by Crippen LogP contribution is 2.20. The van der Waals surface area contributed by atoms with Crippen molar-refractivity contribution in [3.05, 3.63) is 54.4 Å². The Morgan fingerprint density at radius 2 is 2.17 bits per heavy atom. The van der Waals surface area contributed by atoms with Crippen molar-refractivity contribution in [1.82, 2.24) is 14.6 Å². The van der Waals surface area contributed by atoms with E-state index in [9.17, 15) is 0 Å². The zero-order valence-electron chi connectivity index (χ0n) is 9.52. The lowest BCUT2D eigenvalue weighted by molar-refractivity contribution is 0.281. The van der Waals surface area contributed by atoms with Gasteiger partial charge in [0.25, 0.3) is 0 Å². The lowest BCUT2D eigenvalue weighted by atomic mass is 10.2. The molecule has 5 nitrogen and oxygen atoms in total. The molecule has 90 valence electrons. The standard InChI is InChI=1S/C13H11N3O2/c17-9-10-2-1-3-11(8-10)18-13-5-7-16-12(15-13)4-6-14-16/h1-8,17H,9H2. The van der Waals surface area contributed by atoms with Crippen LogP contribution in [0.5, 0.6) is 11.6 Å². The molecule has 0 fully saturated rings. The SMILES string of the molecule is OCc1cccc(Oc2ccn3nccc3n2)c1. The summed E-state index contributed by atoms with van der Waals surface area (Å²) in [7, 11) is 0. The van der Waals surface area contributed by atoms with E-state index in [4.69, 9.17) is 9.84 Å². The van der Waals surface area contributed by atoms with Gasteiger partial charge in [-0.1, -0.05) is 12.1 Å². The van der Waals surface area contributed by atoms with Crippen molar-refractivity contribution in [2.45, 2.75) is 6.61 Å². The average molecular weight is 241 g/mol. The molecule has 0 aliphatic carbocycles. The van der Waals surface area contributed by atoms with Gasteiger partial charge in [-0.05, 0) is 17.7 Å². The van der Waals surface area contributed by atoms with Crippen molar-refractivity contribution in [3.8, 4) is 11.6 Å². The Hall–Kier alpha value is -2.40. The maximum absolute atomic E-state index is 9.06. The Morgan fingerprint density at radius 1 is 1.22 bits per heavy atom. The molecule has 2 heterocycles. The molecule has 0 spiro atoms. The van der Waals surface area contributed by atoms with Gasteiger partial charge >= 0.3 is 0 Å². The van der Waals surface area contributed by atoms with Gasteiger partial charge in [-0.2, -0.15) is 10.1 Å². The summed E-state index contributed by atoms with van der Waals surface area (Å²) in [6.45, 7) is -0.00765. The molecule has 3 aromatic rings. The molecule has 2 aromatic heterocycles. The van der Waals surface area contributed by atoms with Gasteiger partial charge in [-0.15, -0.1) is 0 Å². The number of benzene rings is 1. The summed E-state index contributed by atoms with van der Waals surface area (Å²) in [5.41, 5.74) is 1.53. The van der Waals surface area contributed by atoms with Crippen molar-refractivity contribution in [2.24, 2.45) is 0 Å². The van der Waals surface area contributed by atoms with E-state index in [-0.39, 0.29) is 6.61 Å². The van der Waals surface area contributed by atoms with E-state index in [0.29, 0.717) is 11.6 Å². The summed E-state index contributed by atoms with van der Waals surface area (Å²) in [6, 6.07) is 10.8. The van der Waals surface area contributed by atoms with E-state index in [1.165, 1.54) is 0 Å². The second-order valence-electron chi connectivity index (χ2n) is 3.81. The van der Waals surface area contributed by atoms with Crippen LogP contribution in [0, 0.1) is 0 Å². The van der Waals surface area contributed by atoms with Gasteiger partial charge < -0.3 is 9.84 Å². The maximum atomic E-state index is 9.06. The summed E-state index contributed by atoms with van der Waals surface area (Å²) in [5, 5.41) is 13.1. The number of aromatic nitrogens is 3. The summed E-state index contributed by atoms with van der Waals surface area (Å²) in [4.78, 5) is 4.30. The Kier molecular flexibility index (Phi) is 2.66. The largest absolute Gasteiger partial charge is 0.439 e. The van der Waals surface area contributed by atoms with E-state index in [1.807, 2.05) is 18.2 Å². The summed E-state index contributed by atoms with van der Waals surface area (Å²) in [6.07, 6.45) is 3.46. The Balaban J connectivity index is 1.90. The van der Waals surface area contributed by atoms with Crippen LogP contribution in [0.3, 0.4) is 0 Å². The van der Waals surface area contributed by atoms with Crippen molar-refractivity contribution >= 4 is 5.65 Å². The smallest absolute Gasteiger partial charge is 0.222 e. The molecular formula is C13H11N3O2. The predicted molar refractivity (Wildman–Crippen MR) is 65.4 cm³/mol. The maximum Gasteiger partial charge on any atom is 0.222 e. The molecule has 0 radical (unpaired) electrons. The van der Waals surface area contributed by atoms with Crippen molar-refractivity contribution in [3.63, 3.8) is 0 Å². The molecule has 1 N–H and O–H groups in total. The first kappa shape index (κ1) is 10.7. The van der Waals surface area contributed by atoms with Crippen molar-refractivity contribution in [1.29, 1.82) is 0 Å². The normalized spacial score (nSPS) is 10.7. The highest BCUT2D eigenvalue weighted by Gasteiger charge is 2.02. The van der Waals surface area contributed by atoms with E-state index >= 15 is 0 Å². The van der Waals surface area contributed by atoms with Crippen LogP contribution in [0.25, 0.3) is 5.65 Å². The van der Waals surface area contributed by atoms with Gasteiger partial charge in [-0.25, -0.2) is 4.52 Å². The quantitative estimate of drug-likeness (QED) is 0.762. The van der Waals surface area contributed by atoms with Crippen LogP contribution < -0.4 is 4.74 Å². The minimum Gasteiger partial charge on any atom is -0.439 e. The summed E-state index contributed by atoms with van der Waals surface area (Å²) in [5.74, 6) is 1.15. The van der Waals surface area contributed by atoms with Crippen LogP contribution >= 0.6 is 0 Å². The number of hydrogen-bond donors (Lipinski definition) is 1. The Bertz CT molecular complexity index is 679. The Morgan fingerprint density at radius 3 is 3.06 bits per heavy atom. The van der Waals surface area contributed by atoms with Crippen LogP contribution in [0.4, 0.5) is 0 Å². The third-order valence-electron chi connectivity index (χ3n) is 2.54. The molecule has 1 aromatic carbocycles. The van der Waals surface area contributed by atoms with E-state index < -0.39 is 0 Å². The van der Waals surface area contributed by atoms with Crippen LogP contribution in [0.1, 0.15) is 5.56 Å². The molecule has 5 heteroatoms.